The van der Waals surface area contributed by atoms with Gasteiger partial charge < -0.3 is 31.1 Å². The van der Waals surface area contributed by atoms with E-state index in [1.807, 2.05) is 60.7 Å². The predicted molar refractivity (Wildman–Crippen MR) is 355 cm³/mol. The third-order valence-corrected chi connectivity index (χ3v) is 19.5. The fourth-order valence-electron chi connectivity index (χ4n) is 9.68. The van der Waals surface area contributed by atoms with Crippen LogP contribution in [0.4, 0.5) is 34.1 Å². The number of piperazine rings is 1. The number of aromatic nitrogens is 8. The molecule has 0 bridgehead atoms. The van der Waals surface area contributed by atoms with Crippen molar-refractivity contribution < 1.29 is 45.6 Å². The van der Waals surface area contributed by atoms with E-state index in [1.54, 1.807) is 39.8 Å². The molecule has 8 aromatic rings. The lowest BCUT2D eigenvalue weighted by atomic mass is 10.1. The maximum absolute atomic E-state index is 13.6. The van der Waals surface area contributed by atoms with E-state index in [0.29, 0.717) is 81.2 Å². The number of tetrazole rings is 2. The standard InChI is InChI=1S/C60H68N20O10S4/c1-39-17-27-49(41(3)53(39)63-51(81)37-91-59-69-73-75-79(59)47-13-7-5-8-14-47)93(87,88)71-45-23-19-43(20-24-45)65-67-57(85)55(83)61-29-11-31-77-33-35-78(36-34-77)32-12-30-62-56(84)58(86)68-66-44-21-25-46(26-22-44)72-94(89,90)50-28-18-40(2)54(42(50)4)64-52(82)38-92-60-70-74-76-80(60)48-15-9-6-10-16-48/h5-10,13-28,65-66,71-72H,11-12,29-38H2,1-4H3,(H,61,83)(H,62,84)(H,63,81)(H,64,82)(H,67,85)(H,68,86). The molecule has 1 fully saturated rings. The van der Waals surface area contributed by atoms with Crippen molar-refractivity contribution in [3.63, 3.8) is 0 Å². The zero-order valence-electron chi connectivity index (χ0n) is 51.4. The molecule has 0 saturated carbocycles. The lowest BCUT2D eigenvalue weighted by molar-refractivity contribution is -0.138. The number of hydrogen-bond acceptors (Lipinski definition) is 22. The quantitative estimate of drug-likeness (QED) is 0.0142. The van der Waals surface area contributed by atoms with E-state index in [4.69, 9.17) is 0 Å². The molecule has 0 aliphatic carbocycles. The third kappa shape index (κ3) is 18.6. The minimum absolute atomic E-state index is 0.0428. The van der Waals surface area contributed by atoms with Gasteiger partial charge in [-0.15, -0.1) is 10.2 Å². The van der Waals surface area contributed by atoms with E-state index in [1.165, 1.54) is 70.0 Å². The van der Waals surface area contributed by atoms with E-state index in [-0.39, 0.29) is 57.6 Å². The second kappa shape index (κ2) is 32.0. The van der Waals surface area contributed by atoms with Crippen molar-refractivity contribution in [2.45, 2.75) is 60.6 Å². The summed E-state index contributed by atoms with van der Waals surface area (Å²) >= 11 is 2.25. The molecule has 1 aliphatic heterocycles. The fourth-order valence-corrected chi connectivity index (χ4v) is 13.7. The van der Waals surface area contributed by atoms with E-state index in [0.717, 1.165) is 61.1 Å². The number of carbonyl (C=O) groups is 6. The molecule has 9 rings (SSSR count). The van der Waals surface area contributed by atoms with Crippen molar-refractivity contribution in [1.82, 2.24) is 71.7 Å². The molecule has 2 aromatic heterocycles. The molecule has 0 unspecified atom stereocenters. The molecule has 3 heterocycles. The largest absolute Gasteiger partial charge is 0.348 e. The monoisotopic (exact) mass is 1360 g/mol. The van der Waals surface area contributed by atoms with Crippen LogP contribution in [0.25, 0.3) is 11.4 Å². The summed E-state index contributed by atoms with van der Waals surface area (Å²) in [6.45, 7) is 11.7. The van der Waals surface area contributed by atoms with Gasteiger partial charge >= 0.3 is 23.6 Å². The number of thioether (sulfide) groups is 2. The van der Waals surface area contributed by atoms with Crippen molar-refractivity contribution in [1.29, 1.82) is 0 Å². The topological polar surface area (TPSA) is 385 Å². The minimum atomic E-state index is -4.13. The van der Waals surface area contributed by atoms with Gasteiger partial charge in [-0.25, -0.2) is 16.8 Å². The molecule has 1 aliphatic rings. The second-order valence-corrected chi connectivity index (χ2v) is 26.5. The number of sulfonamides is 2. The van der Waals surface area contributed by atoms with E-state index in [2.05, 4.69) is 93.3 Å². The molecular formula is C60H68N20O10S4. The van der Waals surface area contributed by atoms with Crippen LogP contribution in [-0.4, -0.2) is 166 Å². The molecule has 0 radical (unpaired) electrons. The second-order valence-electron chi connectivity index (χ2n) is 21.3. The number of anilines is 6. The number of aryl methyl sites for hydroxylation is 2. The van der Waals surface area contributed by atoms with Crippen LogP contribution in [0.5, 0.6) is 0 Å². The van der Waals surface area contributed by atoms with Crippen LogP contribution in [0, 0.1) is 27.7 Å². The van der Waals surface area contributed by atoms with E-state index < -0.39 is 43.7 Å². The first-order chi connectivity index (χ1) is 45.2. The Kier molecular flexibility index (Phi) is 23.3. The van der Waals surface area contributed by atoms with Gasteiger partial charge in [-0.05, 0) is 182 Å². The molecule has 0 atom stereocenters. The Balaban J connectivity index is 0.607. The maximum Gasteiger partial charge on any atom is 0.327 e. The zero-order chi connectivity index (χ0) is 66.8. The lowest BCUT2D eigenvalue weighted by Crippen LogP contribution is -2.48. The summed E-state index contributed by atoms with van der Waals surface area (Å²) in [4.78, 5) is 80.9. The van der Waals surface area contributed by atoms with Crippen LogP contribution < -0.4 is 52.4 Å². The molecule has 94 heavy (non-hydrogen) atoms. The average molecular weight is 1360 g/mol. The van der Waals surface area contributed by atoms with Gasteiger partial charge in [0.25, 0.3) is 20.0 Å². The zero-order valence-corrected chi connectivity index (χ0v) is 54.6. The molecule has 0 spiro atoms. The molecule has 1 saturated heterocycles. The van der Waals surface area contributed by atoms with Crippen LogP contribution in [0.2, 0.25) is 0 Å². The van der Waals surface area contributed by atoms with Crippen molar-refractivity contribution in [3.8, 4) is 11.4 Å². The molecule has 6 aromatic carbocycles. The molecule has 30 nitrogen and oxygen atoms in total. The van der Waals surface area contributed by atoms with Crippen molar-refractivity contribution >= 4 is 113 Å². The first kappa shape index (κ1) is 68.4. The Bertz CT molecular complexity index is 3960. The molecule has 6 amide bonds. The summed E-state index contributed by atoms with van der Waals surface area (Å²) in [6.07, 6.45) is 1.19. The van der Waals surface area contributed by atoms with Crippen molar-refractivity contribution in [2.24, 2.45) is 0 Å². The Morgan fingerprint density at radius 1 is 0.457 bits per heavy atom. The highest BCUT2D eigenvalue weighted by Crippen LogP contribution is 2.32. The van der Waals surface area contributed by atoms with Gasteiger partial charge in [-0.3, -0.25) is 59.9 Å². The minimum Gasteiger partial charge on any atom is -0.348 e. The number of hydrazine groups is 2. The van der Waals surface area contributed by atoms with Crippen LogP contribution in [0.15, 0.2) is 154 Å². The Morgan fingerprint density at radius 3 is 1.19 bits per heavy atom. The number of benzene rings is 6. The van der Waals surface area contributed by atoms with E-state index >= 15 is 0 Å². The summed E-state index contributed by atoms with van der Waals surface area (Å²) in [5.74, 6) is -4.37. The third-order valence-electron chi connectivity index (χ3n) is 14.6. The predicted octanol–water partition coefficient (Wildman–Crippen LogP) is 4.15. The van der Waals surface area contributed by atoms with Crippen LogP contribution in [-0.2, 0) is 48.8 Å². The van der Waals surface area contributed by atoms with Crippen molar-refractivity contribution in [3.05, 3.63) is 156 Å². The van der Waals surface area contributed by atoms with Gasteiger partial charge in [-0.2, -0.15) is 9.36 Å². The SMILES string of the molecule is Cc1ccc(S(=O)(=O)Nc2ccc(NNC(=O)C(=O)NCCCN3CCN(CCCNC(=O)C(=O)NNc4ccc(NS(=O)(=O)c5ccc(C)c(NC(=O)CSc6nnnn6-c6ccccc6)c5C)cc4)CC3)cc2)c(C)c1NC(=O)CSc1nnnn1-c1ccccc1. The van der Waals surface area contributed by atoms with Crippen LogP contribution in [0.3, 0.4) is 0 Å². The number of hydrogen-bond donors (Lipinski definition) is 10. The van der Waals surface area contributed by atoms with Gasteiger partial charge in [0.1, 0.15) is 0 Å². The Morgan fingerprint density at radius 2 is 0.819 bits per heavy atom. The molecule has 10 N–H and O–H groups in total. The molecule has 34 heteroatoms. The van der Waals surface area contributed by atoms with Gasteiger partial charge in [0.05, 0.1) is 44.0 Å². The molecular weight excluding hydrogens is 1290 g/mol. The highest BCUT2D eigenvalue weighted by Gasteiger charge is 2.25. The normalized spacial score (nSPS) is 12.6. The highest BCUT2D eigenvalue weighted by molar-refractivity contribution is 8.00. The van der Waals surface area contributed by atoms with Crippen LogP contribution >= 0.6 is 23.5 Å². The van der Waals surface area contributed by atoms with Gasteiger partial charge in [0.2, 0.25) is 22.1 Å². The van der Waals surface area contributed by atoms with Crippen molar-refractivity contribution in [2.75, 3.05) is 94.8 Å². The first-order valence-electron chi connectivity index (χ1n) is 29.3. The Hall–Kier alpha value is -10.0. The first-order valence-corrected chi connectivity index (χ1v) is 34.3. The lowest BCUT2D eigenvalue weighted by Gasteiger charge is -2.34. The number of rotatable bonds is 28. The summed E-state index contributed by atoms with van der Waals surface area (Å²) in [6, 6.07) is 36.5. The number of carbonyl (C=O) groups excluding carboxylic acids is 6. The van der Waals surface area contributed by atoms with Gasteiger partial charge in [0, 0.05) is 62.0 Å². The Labute approximate surface area is 550 Å². The average Bonchev–Trinajstić information content (AvgIpc) is 1.05. The van der Waals surface area contributed by atoms with Gasteiger partial charge in [0.15, 0.2) is 0 Å². The highest BCUT2D eigenvalue weighted by atomic mass is 32.2. The summed E-state index contributed by atoms with van der Waals surface area (Å²) in [5, 5.41) is 35.2. The van der Waals surface area contributed by atoms with E-state index in [9.17, 15) is 45.6 Å². The van der Waals surface area contributed by atoms with Crippen LogP contribution in [0.1, 0.15) is 35.1 Å². The summed E-state index contributed by atoms with van der Waals surface area (Å²) in [7, 11) is -8.26. The smallest absolute Gasteiger partial charge is 0.327 e. The van der Waals surface area contributed by atoms with Gasteiger partial charge in [-0.1, -0.05) is 72.1 Å². The number of nitrogens with one attached hydrogen (secondary N) is 10. The number of para-hydroxylation sites is 2. The fraction of sp³-hybridized carbons (Fsp3) is 0.267. The maximum atomic E-state index is 13.6. The number of amides is 6. The molecule has 492 valence electrons. The number of nitrogens with zero attached hydrogens (tertiary/aromatic N) is 10. The summed E-state index contributed by atoms with van der Waals surface area (Å²) < 4.78 is 62.6. The summed E-state index contributed by atoms with van der Waals surface area (Å²) in [5.41, 5.74) is 15.3.